The SMILES string of the molecule is C=C(C)C(=O)NCCCCCCNC(C)=O. The van der Waals surface area contributed by atoms with Crippen molar-refractivity contribution in [3.63, 3.8) is 0 Å². The number of carbonyl (C=O) groups is 2. The molecule has 0 unspecified atom stereocenters. The highest BCUT2D eigenvalue weighted by Crippen LogP contribution is 1.98. The zero-order valence-electron chi connectivity index (χ0n) is 10.3. The fourth-order valence-electron chi connectivity index (χ4n) is 1.22. The van der Waals surface area contributed by atoms with Crippen molar-refractivity contribution >= 4 is 11.8 Å². The second-order valence-electron chi connectivity index (χ2n) is 3.93. The minimum absolute atomic E-state index is 0.0220. The van der Waals surface area contributed by atoms with Crippen molar-refractivity contribution < 1.29 is 9.59 Å². The molecule has 0 spiro atoms. The molecule has 0 atom stereocenters. The molecule has 4 heteroatoms. The van der Waals surface area contributed by atoms with Crippen molar-refractivity contribution in [1.82, 2.24) is 10.6 Å². The highest BCUT2D eigenvalue weighted by atomic mass is 16.2. The van der Waals surface area contributed by atoms with Crippen molar-refractivity contribution in [3.8, 4) is 0 Å². The molecule has 0 bridgehead atoms. The van der Waals surface area contributed by atoms with Gasteiger partial charge in [0.05, 0.1) is 0 Å². The predicted octanol–water partition coefficient (Wildman–Crippen LogP) is 1.38. The van der Waals surface area contributed by atoms with Gasteiger partial charge in [-0.1, -0.05) is 19.4 Å². The summed E-state index contributed by atoms with van der Waals surface area (Å²) in [5.41, 5.74) is 0.547. The van der Waals surface area contributed by atoms with E-state index in [-0.39, 0.29) is 11.8 Å². The van der Waals surface area contributed by atoms with Crippen LogP contribution in [0.15, 0.2) is 12.2 Å². The topological polar surface area (TPSA) is 58.2 Å². The number of rotatable bonds is 8. The third kappa shape index (κ3) is 9.24. The van der Waals surface area contributed by atoms with Crippen LogP contribution in [0.3, 0.4) is 0 Å². The number of unbranched alkanes of at least 4 members (excludes halogenated alkanes) is 3. The molecule has 0 aliphatic rings. The van der Waals surface area contributed by atoms with E-state index in [1.54, 1.807) is 6.92 Å². The van der Waals surface area contributed by atoms with E-state index in [2.05, 4.69) is 17.2 Å². The van der Waals surface area contributed by atoms with Crippen LogP contribution in [0.2, 0.25) is 0 Å². The summed E-state index contributed by atoms with van der Waals surface area (Å²) in [7, 11) is 0. The molecule has 4 nitrogen and oxygen atoms in total. The van der Waals surface area contributed by atoms with Gasteiger partial charge in [0.2, 0.25) is 11.8 Å². The summed E-state index contributed by atoms with van der Waals surface area (Å²) in [6.45, 7) is 8.22. The lowest BCUT2D eigenvalue weighted by Gasteiger charge is -2.04. The van der Waals surface area contributed by atoms with Gasteiger partial charge in [0, 0.05) is 25.6 Å². The van der Waals surface area contributed by atoms with Gasteiger partial charge in [0.15, 0.2) is 0 Å². The summed E-state index contributed by atoms with van der Waals surface area (Å²) in [6.07, 6.45) is 4.10. The van der Waals surface area contributed by atoms with Crippen LogP contribution in [-0.4, -0.2) is 24.9 Å². The third-order valence-corrected chi connectivity index (χ3v) is 2.15. The Labute approximate surface area is 97.5 Å². The lowest BCUT2D eigenvalue weighted by atomic mass is 10.2. The lowest BCUT2D eigenvalue weighted by Crippen LogP contribution is -2.24. The molecule has 2 N–H and O–H groups in total. The number of hydrogen-bond acceptors (Lipinski definition) is 2. The van der Waals surface area contributed by atoms with Crippen LogP contribution < -0.4 is 10.6 Å². The molecule has 92 valence electrons. The molecule has 0 fully saturated rings. The minimum Gasteiger partial charge on any atom is -0.356 e. The Morgan fingerprint density at radius 3 is 1.88 bits per heavy atom. The number of nitrogens with one attached hydrogen (secondary N) is 2. The van der Waals surface area contributed by atoms with Gasteiger partial charge in [0.1, 0.15) is 0 Å². The molecule has 0 aromatic heterocycles. The van der Waals surface area contributed by atoms with E-state index >= 15 is 0 Å². The van der Waals surface area contributed by atoms with Crippen molar-refractivity contribution in [2.75, 3.05) is 13.1 Å². The van der Waals surface area contributed by atoms with Crippen molar-refractivity contribution in [2.24, 2.45) is 0 Å². The molecular formula is C12H22N2O2. The molecular weight excluding hydrogens is 204 g/mol. The zero-order chi connectivity index (χ0) is 12.4. The van der Waals surface area contributed by atoms with Crippen LogP contribution in [0.25, 0.3) is 0 Å². The summed E-state index contributed by atoms with van der Waals surface area (Å²) in [5.74, 6) is -0.0491. The predicted molar refractivity (Wildman–Crippen MR) is 65.0 cm³/mol. The zero-order valence-corrected chi connectivity index (χ0v) is 10.3. The summed E-state index contributed by atoms with van der Waals surface area (Å²) >= 11 is 0. The maximum Gasteiger partial charge on any atom is 0.246 e. The Hall–Kier alpha value is -1.32. The molecule has 0 saturated carbocycles. The number of hydrogen-bond donors (Lipinski definition) is 2. The molecule has 0 saturated heterocycles. The molecule has 0 radical (unpaired) electrons. The molecule has 0 aliphatic carbocycles. The van der Waals surface area contributed by atoms with Crippen LogP contribution >= 0.6 is 0 Å². The Kier molecular flexibility index (Phi) is 8.21. The van der Waals surface area contributed by atoms with Gasteiger partial charge in [-0.15, -0.1) is 0 Å². The normalized spacial score (nSPS) is 9.62. The number of carbonyl (C=O) groups excluding carboxylic acids is 2. The molecule has 16 heavy (non-hydrogen) atoms. The minimum atomic E-state index is -0.0711. The third-order valence-electron chi connectivity index (χ3n) is 2.15. The Bertz CT molecular complexity index is 249. The Morgan fingerprint density at radius 1 is 0.938 bits per heavy atom. The van der Waals surface area contributed by atoms with Crippen molar-refractivity contribution in [2.45, 2.75) is 39.5 Å². The molecule has 0 heterocycles. The highest BCUT2D eigenvalue weighted by molar-refractivity contribution is 5.91. The van der Waals surface area contributed by atoms with Crippen molar-refractivity contribution in [3.05, 3.63) is 12.2 Å². The molecule has 0 aliphatic heterocycles. The van der Waals surface area contributed by atoms with E-state index < -0.39 is 0 Å². The Morgan fingerprint density at radius 2 is 1.44 bits per heavy atom. The van der Waals surface area contributed by atoms with E-state index in [9.17, 15) is 9.59 Å². The summed E-state index contributed by atoms with van der Waals surface area (Å²) in [6, 6.07) is 0. The van der Waals surface area contributed by atoms with Crippen LogP contribution in [0.4, 0.5) is 0 Å². The van der Waals surface area contributed by atoms with Crippen molar-refractivity contribution in [1.29, 1.82) is 0 Å². The largest absolute Gasteiger partial charge is 0.356 e. The average Bonchev–Trinajstić information content (AvgIpc) is 2.21. The highest BCUT2D eigenvalue weighted by Gasteiger charge is 1.99. The molecule has 0 aromatic carbocycles. The van der Waals surface area contributed by atoms with Gasteiger partial charge in [-0.2, -0.15) is 0 Å². The first-order chi connectivity index (χ1) is 7.54. The Balaban J connectivity index is 3.19. The second-order valence-corrected chi connectivity index (χ2v) is 3.93. The fraction of sp³-hybridized carbons (Fsp3) is 0.667. The first kappa shape index (κ1) is 14.7. The lowest BCUT2D eigenvalue weighted by molar-refractivity contribution is -0.119. The van der Waals surface area contributed by atoms with E-state index in [4.69, 9.17) is 0 Å². The van der Waals surface area contributed by atoms with E-state index in [1.807, 2.05) is 0 Å². The van der Waals surface area contributed by atoms with E-state index in [0.717, 1.165) is 32.2 Å². The van der Waals surface area contributed by atoms with E-state index in [0.29, 0.717) is 12.1 Å². The maximum atomic E-state index is 11.1. The summed E-state index contributed by atoms with van der Waals surface area (Å²) < 4.78 is 0. The fourth-order valence-corrected chi connectivity index (χ4v) is 1.22. The molecule has 0 rings (SSSR count). The van der Waals surface area contributed by atoms with Gasteiger partial charge >= 0.3 is 0 Å². The van der Waals surface area contributed by atoms with Gasteiger partial charge in [-0.25, -0.2) is 0 Å². The quantitative estimate of drug-likeness (QED) is 0.485. The van der Waals surface area contributed by atoms with Crippen LogP contribution in [-0.2, 0) is 9.59 Å². The monoisotopic (exact) mass is 226 g/mol. The van der Waals surface area contributed by atoms with E-state index in [1.165, 1.54) is 6.92 Å². The van der Waals surface area contributed by atoms with Gasteiger partial charge in [-0.3, -0.25) is 9.59 Å². The summed E-state index contributed by atoms with van der Waals surface area (Å²) in [4.78, 5) is 21.6. The number of amides is 2. The van der Waals surface area contributed by atoms with Gasteiger partial charge < -0.3 is 10.6 Å². The first-order valence-corrected chi connectivity index (χ1v) is 5.72. The van der Waals surface area contributed by atoms with Gasteiger partial charge in [0.25, 0.3) is 0 Å². The smallest absolute Gasteiger partial charge is 0.246 e. The standard InChI is InChI=1S/C12H22N2O2/c1-10(2)12(16)14-9-7-5-4-6-8-13-11(3)15/h1,4-9H2,2-3H3,(H,13,15)(H,14,16). The molecule has 0 aromatic rings. The van der Waals surface area contributed by atoms with Crippen LogP contribution in [0.5, 0.6) is 0 Å². The maximum absolute atomic E-state index is 11.1. The molecule has 2 amide bonds. The second kappa shape index (κ2) is 8.95. The van der Waals surface area contributed by atoms with Crippen LogP contribution in [0.1, 0.15) is 39.5 Å². The van der Waals surface area contributed by atoms with Gasteiger partial charge in [-0.05, 0) is 19.8 Å². The first-order valence-electron chi connectivity index (χ1n) is 5.72. The van der Waals surface area contributed by atoms with Crippen LogP contribution in [0, 0.1) is 0 Å². The average molecular weight is 226 g/mol. The summed E-state index contributed by atoms with van der Waals surface area (Å²) in [5, 5.41) is 5.53.